The molecule has 0 saturated carbocycles. The molecule has 0 N–H and O–H groups in total. The lowest BCUT2D eigenvalue weighted by molar-refractivity contribution is -0.255. The summed E-state index contributed by atoms with van der Waals surface area (Å²) in [5.74, 6) is 0.239. The van der Waals surface area contributed by atoms with Crippen molar-refractivity contribution in [1.82, 2.24) is 0 Å². The number of carbonyl (C=O) groups excluding carboxylic acids is 1. The summed E-state index contributed by atoms with van der Waals surface area (Å²) in [4.78, 5) is 14.3. The van der Waals surface area contributed by atoms with Crippen LogP contribution < -0.4 is 10.0 Å². The van der Waals surface area contributed by atoms with E-state index in [1.807, 2.05) is 24.3 Å². The predicted molar refractivity (Wildman–Crippen MR) is 112 cm³/mol. The average Bonchev–Trinajstić information content (AvgIpc) is 3.38. The van der Waals surface area contributed by atoms with Gasteiger partial charge in [0.25, 0.3) is 0 Å². The van der Waals surface area contributed by atoms with Crippen LogP contribution in [0.1, 0.15) is 57.8 Å². The highest BCUT2D eigenvalue weighted by atomic mass is 35.5. The van der Waals surface area contributed by atoms with Crippen molar-refractivity contribution in [3.05, 3.63) is 88.0 Å². The van der Waals surface area contributed by atoms with Crippen molar-refractivity contribution in [3.8, 4) is 0 Å². The number of carboxylic acids is 1. The van der Waals surface area contributed by atoms with E-state index in [9.17, 15) is 9.90 Å². The molecule has 3 nitrogen and oxygen atoms in total. The second-order valence-corrected chi connectivity index (χ2v) is 9.12. The summed E-state index contributed by atoms with van der Waals surface area (Å²) in [5.41, 5.74) is 4.98. The normalized spacial score (nSPS) is 30.8. The summed E-state index contributed by atoms with van der Waals surface area (Å²) in [7, 11) is 0. The van der Waals surface area contributed by atoms with Gasteiger partial charge in [-0.25, -0.2) is 0 Å². The molecular formula is C25H21ClNO2-. The Labute approximate surface area is 175 Å². The minimum absolute atomic E-state index is 0.199. The van der Waals surface area contributed by atoms with Gasteiger partial charge in [0.05, 0.1) is 12.0 Å². The summed E-state index contributed by atoms with van der Waals surface area (Å²) in [6, 6.07) is 12.1. The van der Waals surface area contributed by atoms with Crippen molar-refractivity contribution in [2.45, 2.75) is 30.7 Å². The van der Waals surface area contributed by atoms with Crippen LogP contribution in [0.2, 0.25) is 5.02 Å². The number of hydrogen-bond acceptors (Lipinski definition) is 3. The smallest absolute Gasteiger partial charge is 0.0715 e. The van der Waals surface area contributed by atoms with E-state index in [2.05, 4.69) is 41.3 Å². The molecule has 0 aromatic heterocycles. The fraction of sp³-hybridized carbons (Fsp3) is 0.320. The summed E-state index contributed by atoms with van der Waals surface area (Å²) >= 11 is 6.69. The van der Waals surface area contributed by atoms with Crippen LogP contribution in [0.3, 0.4) is 0 Å². The number of fused-ring (bicyclic) bond motifs is 4. The van der Waals surface area contributed by atoms with Gasteiger partial charge in [-0.15, -0.1) is 0 Å². The van der Waals surface area contributed by atoms with Gasteiger partial charge in [0.2, 0.25) is 0 Å². The van der Waals surface area contributed by atoms with Gasteiger partial charge >= 0.3 is 0 Å². The van der Waals surface area contributed by atoms with Gasteiger partial charge < -0.3 is 14.8 Å². The lowest BCUT2D eigenvalue weighted by Crippen LogP contribution is -2.46. The van der Waals surface area contributed by atoms with E-state index in [-0.39, 0.29) is 17.9 Å². The number of rotatable bonds is 2. The third-order valence-corrected chi connectivity index (χ3v) is 7.65. The summed E-state index contributed by atoms with van der Waals surface area (Å²) in [6.45, 7) is 0.974. The molecule has 4 heteroatoms. The number of halogens is 1. The van der Waals surface area contributed by atoms with Crippen LogP contribution in [0.25, 0.3) is 0 Å². The maximum absolute atomic E-state index is 11.8. The first-order valence-corrected chi connectivity index (χ1v) is 10.7. The Kier molecular flexibility index (Phi) is 3.73. The molecule has 0 saturated heterocycles. The first-order valence-electron chi connectivity index (χ1n) is 10.4. The Morgan fingerprint density at radius 2 is 1.72 bits per heavy atom. The number of aromatic carboxylic acids is 1. The lowest BCUT2D eigenvalue weighted by atomic mass is 9.70. The quantitative estimate of drug-likeness (QED) is 0.689. The van der Waals surface area contributed by atoms with E-state index in [1.165, 1.54) is 11.3 Å². The summed E-state index contributed by atoms with van der Waals surface area (Å²) < 4.78 is 0. The van der Waals surface area contributed by atoms with E-state index < -0.39 is 5.97 Å². The first kappa shape index (κ1) is 17.3. The third kappa shape index (κ3) is 2.40. The SMILES string of the molecule is O=C([O-])c1cc2c3c(c1)[C@H]1C=CC[C@H]1[C@@H](c1ccccc1Cl)N3C[C@H]1CC=C[C@H]21. The second kappa shape index (κ2) is 6.24. The number of anilines is 1. The molecule has 2 aliphatic heterocycles. The van der Waals surface area contributed by atoms with E-state index in [0.717, 1.165) is 35.5 Å². The molecule has 2 aromatic rings. The topological polar surface area (TPSA) is 43.4 Å². The van der Waals surface area contributed by atoms with Gasteiger partial charge in [0, 0.05) is 29.1 Å². The zero-order valence-electron chi connectivity index (χ0n) is 15.9. The molecule has 146 valence electrons. The highest BCUT2D eigenvalue weighted by Gasteiger charge is 2.48. The Hall–Kier alpha value is -2.52. The number of hydrogen-bond donors (Lipinski definition) is 0. The third-order valence-electron chi connectivity index (χ3n) is 7.31. The number of carboxylic acid groups (broad SMARTS) is 1. The van der Waals surface area contributed by atoms with Gasteiger partial charge in [0.15, 0.2) is 0 Å². The molecule has 0 unspecified atom stereocenters. The van der Waals surface area contributed by atoms with Gasteiger partial charge in [-0.1, -0.05) is 54.1 Å². The molecule has 29 heavy (non-hydrogen) atoms. The molecule has 0 amide bonds. The van der Waals surface area contributed by atoms with E-state index >= 15 is 0 Å². The standard InChI is InChI=1S/C25H22ClNO2/c26-22-10-2-1-6-19(22)23-18-9-4-8-17(18)21-12-15(25(28)29)11-20-16-7-3-5-14(16)13-27(23)24(20)21/h1-4,6-8,10-12,14,16-18,23H,5,9,13H2,(H,28,29)/p-1/t14-,16+,17+,18-,23+/m1/s1. The van der Waals surface area contributed by atoms with Crippen molar-refractivity contribution in [2.24, 2.45) is 11.8 Å². The highest BCUT2D eigenvalue weighted by molar-refractivity contribution is 6.31. The Morgan fingerprint density at radius 1 is 1.00 bits per heavy atom. The van der Waals surface area contributed by atoms with Crippen molar-refractivity contribution in [2.75, 3.05) is 11.4 Å². The molecule has 6 rings (SSSR count). The zero-order valence-corrected chi connectivity index (χ0v) is 16.7. The number of nitrogens with zero attached hydrogens (tertiary/aromatic N) is 1. The summed E-state index contributed by atoms with van der Waals surface area (Å²) in [6.07, 6.45) is 11.0. The van der Waals surface area contributed by atoms with Crippen molar-refractivity contribution in [3.63, 3.8) is 0 Å². The van der Waals surface area contributed by atoms with E-state index in [1.54, 1.807) is 0 Å². The number of carbonyl (C=O) groups is 1. The second-order valence-electron chi connectivity index (χ2n) is 8.71. The molecule has 2 aliphatic carbocycles. The van der Waals surface area contributed by atoms with Gasteiger partial charge in [-0.3, -0.25) is 0 Å². The van der Waals surface area contributed by atoms with Gasteiger partial charge in [0.1, 0.15) is 0 Å². The Balaban J connectivity index is 1.62. The van der Waals surface area contributed by atoms with Crippen LogP contribution in [-0.2, 0) is 0 Å². The van der Waals surface area contributed by atoms with Crippen LogP contribution in [0.4, 0.5) is 5.69 Å². The molecule has 2 heterocycles. The Bertz CT molecular complexity index is 1070. The number of allylic oxidation sites excluding steroid dienone is 4. The average molecular weight is 403 g/mol. The maximum atomic E-state index is 11.8. The van der Waals surface area contributed by atoms with Gasteiger partial charge in [-0.2, -0.15) is 0 Å². The van der Waals surface area contributed by atoms with Crippen molar-refractivity contribution >= 4 is 23.3 Å². The Morgan fingerprint density at radius 3 is 2.52 bits per heavy atom. The molecule has 5 atom stereocenters. The van der Waals surface area contributed by atoms with Crippen LogP contribution in [0.15, 0.2) is 60.7 Å². The monoisotopic (exact) mass is 402 g/mol. The fourth-order valence-corrected chi connectivity index (χ4v) is 6.41. The number of benzene rings is 2. The molecule has 0 bridgehead atoms. The van der Waals surface area contributed by atoms with Crippen LogP contribution in [0, 0.1) is 11.8 Å². The van der Waals surface area contributed by atoms with Crippen LogP contribution in [0.5, 0.6) is 0 Å². The maximum Gasteiger partial charge on any atom is 0.0715 e. The van der Waals surface area contributed by atoms with E-state index in [0.29, 0.717) is 17.4 Å². The largest absolute Gasteiger partial charge is 0.545 e. The molecule has 4 aliphatic rings. The van der Waals surface area contributed by atoms with Gasteiger partial charge in [-0.05, 0) is 65.1 Å². The van der Waals surface area contributed by atoms with Crippen LogP contribution >= 0.6 is 11.6 Å². The van der Waals surface area contributed by atoms with Crippen LogP contribution in [-0.4, -0.2) is 12.5 Å². The summed E-state index contributed by atoms with van der Waals surface area (Å²) in [5, 5.41) is 12.6. The molecule has 0 spiro atoms. The highest BCUT2D eigenvalue weighted by Crippen LogP contribution is 2.59. The van der Waals surface area contributed by atoms with Crippen molar-refractivity contribution in [1.29, 1.82) is 0 Å². The van der Waals surface area contributed by atoms with E-state index in [4.69, 9.17) is 11.6 Å². The first-order chi connectivity index (χ1) is 14.1. The fourth-order valence-electron chi connectivity index (χ4n) is 6.16. The molecular weight excluding hydrogens is 382 g/mol. The molecule has 2 aromatic carbocycles. The predicted octanol–water partition coefficient (Wildman–Crippen LogP) is 4.60. The van der Waals surface area contributed by atoms with Crippen molar-refractivity contribution < 1.29 is 9.90 Å². The molecule has 0 fully saturated rings. The molecule has 0 radical (unpaired) electrons. The zero-order chi connectivity index (χ0) is 19.7. The minimum atomic E-state index is -1.09. The minimum Gasteiger partial charge on any atom is -0.545 e. The lowest BCUT2D eigenvalue weighted by Gasteiger charge is -2.51.